The number of anilines is 1. The van der Waals surface area contributed by atoms with Gasteiger partial charge in [-0.3, -0.25) is 10.1 Å². The molecule has 1 N–H and O–H groups in total. The lowest BCUT2D eigenvalue weighted by molar-refractivity contribution is -0.130. The van der Waals surface area contributed by atoms with Crippen LogP contribution in [0.1, 0.15) is 5.56 Å². The van der Waals surface area contributed by atoms with Gasteiger partial charge in [0.1, 0.15) is 11.6 Å². The number of carbonyl (C=O) groups excluding carboxylic acids is 2. The van der Waals surface area contributed by atoms with Gasteiger partial charge in [0.2, 0.25) is 0 Å². The van der Waals surface area contributed by atoms with Crippen molar-refractivity contribution in [1.29, 1.82) is 5.26 Å². The standard InChI is InChI=1S/C22H20ClN3O5/c1-29-20-12-15(11-16(14-24)21(27)26-7-9-30-10-8-26)5-6-19(20)31-22(28)25-18-4-2-3-17(23)13-18/h2-6,11-13H,7-10H2,1H3,(H,25,28)/b16-11+. The van der Waals surface area contributed by atoms with Crippen LogP contribution in [0.15, 0.2) is 48.0 Å². The molecule has 0 unspecified atom stereocenters. The summed E-state index contributed by atoms with van der Waals surface area (Å²) in [6, 6.07) is 13.3. The SMILES string of the molecule is COc1cc(/C=C(\C#N)C(=O)N2CCOCC2)ccc1OC(=O)Nc1cccc(Cl)c1. The van der Waals surface area contributed by atoms with Gasteiger partial charge < -0.3 is 19.1 Å². The molecule has 9 heteroatoms. The molecule has 1 saturated heterocycles. The Bertz CT molecular complexity index is 1040. The van der Waals surface area contributed by atoms with Crippen molar-refractivity contribution in [2.45, 2.75) is 0 Å². The molecule has 0 radical (unpaired) electrons. The number of amides is 2. The van der Waals surface area contributed by atoms with Gasteiger partial charge in [-0.1, -0.05) is 23.7 Å². The second-order valence-corrected chi connectivity index (χ2v) is 6.95. The largest absolute Gasteiger partial charge is 0.493 e. The Morgan fingerprint density at radius 2 is 1.97 bits per heavy atom. The fraction of sp³-hybridized carbons (Fsp3) is 0.227. The van der Waals surface area contributed by atoms with E-state index in [0.717, 1.165) is 0 Å². The average Bonchev–Trinajstić information content (AvgIpc) is 2.78. The zero-order chi connectivity index (χ0) is 22.2. The lowest BCUT2D eigenvalue weighted by Gasteiger charge is -2.26. The summed E-state index contributed by atoms with van der Waals surface area (Å²) >= 11 is 5.91. The average molecular weight is 442 g/mol. The van der Waals surface area contributed by atoms with Crippen LogP contribution in [0.5, 0.6) is 11.5 Å². The number of methoxy groups -OCH3 is 1. The number of morpholine rings is 1. The van der Waals surface area contributed by atoms with E-state index in [0.29, 0.717) is 42.6 Å². The molecule has 3 rings (SSSR count). The first kappa shape index (κ1) is 22.2. The first-order chi connectivity index (χ1) is 15.0. The Hall–Kier alpha value is -3.54. The number of nitrogens with one attached hydrogen (secondary N) is 1. The van der Waals surface area contributed by atoms with Crippen molar-refractivity contribution in [3.05, 3.63) is 58.6 Å². The van der Waals surface area contributed by atoms with Gasteiger partial charge in [-0.25, -0.2) is 4.79 Å². The molecule has 1 aliphatic heterocycles. The van der Waals surface area contributed by atoms with Crippen LogP contribution in [0.25, 0.3) is 6.08 Å². The van der Waals surface area contributed by atoms with Crippen molar-refractivity contribution in [1.82, 2.24) is 4.90 Å². The topological polar surface area (TPSA) is 101 Å². The van der Waals surface area contributed by atoms with Gasteiger partial charge in [0, 0.05) is 23.8 Å². The summed E-state index contributed by atoms with van der Waals surface area (Å²) in [4.78, 5) is 26.3. The highest BCUT2D eigenvalue weighted by Crippen LogP contribution is 2.29. The van der Waals surface area contributed by atoms with E-state index < -0.39 is 6.09 Å². The third-order valence-corrected chi connectivity index (χ3v) is 4.66. The summed E-state index contributed by atoms with van der Waals surface area (Å²) in [6.45, 7) is 1.77. The van der Waals surface area contributed by atoms with Crippen molar-refractivity contribution in [3.63, 3.8) is 0 Å². The zero-order valence-corrected chi connectivity index (χ0v) is 17.5. The summed E-state index contributed by atoms with van der Waals surface area (Å²) in [5.74, 6) is 0.0919. The Balaban J connectivity index is 1.74. The van der Waals surface area contributed by atoms with Crippen LogP contribution >= 0.6 is 11.6 Å². The zero-order valence-electron chi connectivity index (χ0n) is 16.8. The molecule has 0 spiro atoms. The summed E-state index contributed by atoms with van der Waals surface area (Å²) in [5.41, 5.74) is 1.03. The van der Waals surface area contributed by atoms with E-state index >= 15 is 0 Å². The third-order valence-electron chi connectivity index (χ3n) is 4.42. The molecule has 0 aliphatic carbocycles. The Labute approximate surface area is 184 Å². The summed E-state index contributed by atoms with van der Waals surface area (Å²) in [6.07, 6.45) is 0.750. The lowest BCUT2D eigenvalue weighted by atomic mass is 10.1. The molecule has 1 heterocycles. The molecule has 8 nitrogen and oxygen atoms in total. The van der Waals surface area contributed by atoms with Gasteiger partial charge in [-0.15, -0.1) is 0 Å². The quantitative estimate of drug-likeness (QED) is 0.560. The summed E-state index contributed by atoms with van der Waals surface area (Å²) in [7, 11) is 1.43. The fourth-order valence-electron chi connectivity index (χ4n) is 2.91. The third kappa shape index (κ3) is 5.98. The van der Waals surface area contributed by atoms with Gasteiger partial charge >= 0.3 is 6.09 Å². The number of carbonyl (C=O) groups is 2. The highest BCUT2D eigenvalue weighted by molar-refractivity contribution is 6.30. The minimum atomic E-state index is -0.718. The van der Waals surface area contributed by atoms with Crippen molar-refractivity contribution < 1.29 is 23.8 Å². The van der Waals surface area contributed by atoms with Crippen molar-refractivity contribution >= 4 is 35.4 Å². The van der Waals surface area contributed by atoms with Gasteiger partial charge in [0.15, 0.2) is 11.5 Å². The van der Waals surface area contributed by atoms with Gasteiger partial charge in [-0.05, 0) is 42.0 Å². The van der Waals surface area contributed by atoms with Crippen LogP contribution in [0.2, 0.25) is 5.02 Å². The predicted molar refractivity (Wildman–Crippen MR) is 115 cm³/mol. The minimum Gasteiger partial charge on any atom is -0.493 e. The van der Waals surface area contributed by atoms with Gasteiger partial charge in [0.25, 0.3) is 5.91 Å². The van der Waals surface area contributed by atoms with E-state index in [9.17, 15) is 14.9 Å². The molecule has 0 atom stereocenters. The molecule has 0 bridgehead atoms. The molecule has 160 valence electrons. The van der Waals surface area contributed by atoms with Crippen LogP contribution in [-0.2, 0) is 9.53 Å². The van der Waals surface area contributed by atoms with Gasteiger partial charge in [0.05, 0.1) is 20.3 Å². The number of rotatable bonds is 5. The van der Waals surface area contributed by atoms with Crippen LogP contribution in [0.3, 0.4) is 0 Å². The van der Waals surface area contributed by atoms with E-state index in [1.54, 1.807) is 41.3 Å². The maximum Gasteiger partial charge on any atom is 0.417 e. The molecule has 2 aromatic carbocycles. The van der Waals surface area contributed by atoms with E-state index in [1.807, 2.05) is 6.07 Å². The Morgan fingerprint density at radius 1 is 1.19 bits per heavy atom. The number of benzene rings is 2. The van der Waals surface area contributed by atoms with E-state index in [2.05, 4.69) is 5.32 Å². The maximum atomic E-state index is 12.6. The predicted octanol–water partition coefficient (Wildman–Crippen LogP) is 3.73. The number of nitrogens with zero attached hydrogens (tertiary/aromatic N) is 2. The normalized spacial score (nSPS) is 13.8. The van der Waals surface area contributed by atoms with Gasteiger partial charge in [-0.2, -0.15) is 5.26 Å². The van der Waals surface area contributed by atoms with Crippen LogP contribution < -0.4 is 14.8 Å². The molecule has 1 aliphatic rings. The first-order valence-corrected chi connectivity index (χ1v) is 9.79. The van der Waals surface area contributed by atoms with E-state index in [1.165, 1.54) is 19.3 Å². The number of ether oxygens (including phenoxy) is 3. The molecular weight excluding hydrogens is 422 g/mol. The molecule has 0 saturated carbocycles. The molecule has 2 aromatic rings. The lowest BCUT2D eigenvalue weighted by Crippen LogP contribution is -2.41. The molecule has 2 amide bonds. The van der Waals surface area contributed by atoms with Crippen LogP contribution in [0, 0.1) is 11.3 Å². The highest BCUT2D eigenvalue weighted by Gasteiger charge is 2.21. The Kier molecular flexibility index (Phi) is 7.49. The van der Waals surface area contributed by atoms with Crippen LogP contribution in [-0.4, -0.2) is 50.3 Å². The smallest absolute Gasteiger partial charge is 0.417 e. The van der Waals surface area contributed by atoms with Crippen LogP contribution in [0.4, 0.5) is 10.5 Å². The van der Waals surface area contributed by atoms with Crippen molar-refractivity contribution in [2.75, 3.05) is 38.7 Å². The molecule has 0 aromatic heterocycles. The second-order valence-electron chi connectivity index (χ2n) is 6.51. The maximum absolute atomic E-state index is 12.6. The van der Waals surface area contributed by atoms with E-state index in [-0.39, 0.29) is 23.0 Å². The molecular formula is C22H20ClN3O5. The Morgan fingerprint density at radius 3 is 2.65 bits per heavy atom. The number of hydrogen-bond donors (Lipinski definition) is 1. The molecule has 1 fully saturated rings. The number of hydrogen-bond acceptors (Lipinski definition) is 6. The minimum absolute atomic E-state index is 0.00341. The molecule has 31 heavy (non-hydrogen) atoms. The first-order valence-electron chi connectivity index (χ1n) is 9.41. The number of nitriles is 1. The summed E-state index contributed by atoms with van der Waals surface area (Å²) < 4.78 is 15.8. The van der Waals surface area contributed by atoms with E-state index in [4.69, 9.17) is 25.8 Å². The summed E-state index contributed by atoms with van der Waals surface area (Å²) in [5, 5.41) is 12.5. The number of halogens is 1. The second kappa shape index (κ2) is 10.5. The monoisotopic (exact) mass is 441 g/mol. The highest BCUT2D eigenvalue weighted by atomic mass is 35.5. The van der Waals surface area contributed by atoms with Crippen molar-refractivity contribution in [2.24, 2.45) is 0 Å². The van der Waals surface area contributed by atoms with Crippen molar-refractivity contribution in [3.8, 4) is 17.6 Å². The fourth-order valence-corrected chi connectivity index (χ4v) is 3.10.